The van der Waals surface area contributed by atoms with Crippen molar-refractivity contribution in [1.82, 2.24) is 10.1 Å². The lowest BCUT2D eigenvalue weighted by Crippen LogP contribution is -2.14. The molecule has 28 heavy (non-hydrogen) atoms. The average molecular weight is 405 g/mol. The maximum Gasteiger partial charge on any atom is 0.262 e. The van der Waals surface area contributed by atoms with Crippen LogP contribution in [0, 0.1) is 6.92 Å². The van der Waals surface area contributed by atoms with Gasteiger partial charge < -0.3 is 18.7 Å². The third-order valence-electron chi connectivity index (χ3n) is 3.90. The molecule has 3 rings (SSSR count). The molecule has 148 valence electrons. The van der Waals surface area contributed by atoms with E-state index in [2.05, 4.69) is 14.9 Å². The summed E-state index contributed by atoms with van der Waals surface area (Å²) in [5.74, 6) is 1.87. The van der Waals surface area contributed by atoms with Crippen LogP contribution in [0.25, 0.3) is 11.4 Å². The van der Waals surface area contributed by atoms with Gasteiger partial charge in [-0.1, -0.05) is 5.16 Å². The molecule has 0 radical (unpaired) electrons. The highest BCUT2D eigenvalue weighted by atomic mass is 32.2. The van der Waals surface area contributed by atoms with Gasteiger partial charge in [-0.05, 0) is 30.3 Å². The molecule has 9 nitrogen and oxygen atoms in total. The highest BCUT2D eigenvalue weighted by molar-refractivity contribution is 7.92. The average Bonchev–Trinajstić information content (AvgIpc) is 3.13. The molecule has 0 saturated heterocycles. The van der Waals surface area contributed by atoms with Crippen molar-refractivity contribution in [2.45, 2.75) is 11.8 Å². The second-order valence-electron chi connectivity index (χ2n) is 5.67. The first-order valence-corrected chi connectivity index (χ1v) is 9.60. The van der Waals surface area contributed by atoms with E-state index in [1.807, 2.05) is 0 Å². The number of sulfonamides is 1. The summed E-state index contributed by atoms with van der Waals surface area (Å²) in [6.07, 6.45) is 0. The number of aryl methyl sites for hydroxylation is 1. The molecule has 0 aliphatic heterocycles. The summed E-state index contributed by atoms with van der Waals surface area (Å²) in [6.45, 7) is 1.64. The standard InChI is InChI=1S/C18H19N3O6S/c1-11-19-18(20-27-11)14-10-13(6-8-16(14)25-3)28(22,23)21-15-7-5-12(24-2)9-17(15)26-4/h5-10,21H,1-4H3. The van der Waals surface area contributed by atoms with Gasteiger partial charge in [-0.3, -0.25) is 4.72 Å². The van der Waals surface area contributed by atoms with Crippen LogP contribution in [-0.2, 0) is 10.0 Å². The Kier molecular flexibility index (Phi) is 5.41. The van der Waals surface area contributed by atoms with Gasteiger partial charge in [-0.2, -0.15) is 4.98 Å². The van der Waals surface area contributed by atoms with E-state index in [0.29, 0.717) is 28.7 Å². The topological polar surface area (TPSA) is 113 Å². The number of hydrogen-bond acceptors (Lipinski definition) is 8. The largest absolute Gasteiger partial charge is 0.497 e. The number of benzene rings is 2. The molecule has 1 heterocycles. The maximum atomic E-state index is 12.9. The molecular weight excluding hydrogens is 386 g/mol. The fourth-order valence-corrected chi connectivity index (χ4v) is 3.62. The zero-order chi connectivity index (χ0) is 20.3. The van der Waals surface area contributed by atoms with E-state index in [1.54, 1.807) is 25.1 Å². The van der Waals surface area contributed by atoms with Crippen LogP contribution in [0.1, 0.15) is 5.89 Å². The van der Waals surface area contributed by atoms with Crippen LogP contribution in [0.2, 0.25) is 0 Å². The molecule has 2 aromatic carbocycles. The second-order valence-corrected chi connectivity index (χ2v) is 7.35. The highest BCUT2D eigenvalue weighted by Gasteiger charge is 2.21. The Bertz CT molecular complexity index is 1090. The molecule has 0 unspecified atom stereocenters. The molecule has 0 bridgehead atoms. The molecule has 0 aliphatic carbocycles. The quantitative estimate of drug-likeness (QED) is 0.638. The fraction of sp³-hybridized carbons (Fsp3) is 0.222. The van der Waals surface area contributed by atoms with Crippen LogP contribution in [-0.4, -0.2) is 39.9 Å². The second kappa shape index (κ2) is 7.77. The van der Waals surface area contributed by atoms with E-state index in [-0.39, 0.29) is 16.4 Å². The Morgan fingerprint density at radius 2 is 1.71 bits per heavy atom. The molecule has 3 aromatic rings. The smallest absolute Gasteiger partial charge is 0.262 e. The number of hydrogen-bond donors (Lipinski definition) is 1. The minimum Gasteiger partial charge on any atom is -0.497 e. The first-order chi connectivity index (χ1) is 13.4. The van der Waals surface area contributed by atoms with Crippen LogP contribution in [0.3, 0.4) is 0 Å². The van der Waals surface area contributed by atoms with Crippen LogP contribution in [0.5, 0.6) is 17.2 Å². The lowest BCUT2D eigenvalue weighted by atomic mass is 10.2. The third-order valence-corrected chi connectivity index (χ3v) is 5.27. The lowest BCUT2D eigenvalue weighted by Gasteiger charge is -2.14. The molecule has 0 atom stereocenters. The third kappa shape index (κ3) is 3.86. The van der Waals surface area contributed by atoms with Gasteiger partial charge in [-0.15, -0.1) is 0 Å². The fourth-order valence-electron chi connectivity index (χ4n) is 2.52. The van der Waals surface area contributed by atoms with Crippen LogP contribution < -0.4 is 18.9 Å². The van der Waals surface area contributed by atoms with Crippen LogP contribution in [0.15, 0.2) is 45.8 Å². The molecule has 0 spiro atoms. The maximum absolute atomic E-state index is 12.9. The SMILES string of the molecule is COc1ccc(NS(=O)(=O)c2ccc(OC)c(-c3noc(C)n3)c2)c(OC)c1. The molecule has 0 fully saturated rings. The van der Waals surface area contributed by atoms with Crippen molar-refractivity contribution in [2.75, 3.05) is 26.1 Å². The van der Waals surface area contributed by atoms with Crippen LogP contribution >= 0.6 is 0 Å². The van der Waals surface area contributed by atoms with Gasteiger partial charge in [0.1, 0.15) is 17.2 Å². The van der Waals surface area contributed by atoms with Gasteiger partial charge in [0.05, 0.1) is 37.5 Å². The molecule has 1 N–H and O–H groups in total. The zero-order valence-electron chi connectivity index (χ0n) is 15.7. The molecule has 1 aromatic heterocycles. The van der Waals surface area contributed by atoms with Gasteiger partial charge in [-0.25, -0.2) is 8.42 Å². The zero-order valence-corrected chi connectivity index (χ0v) is 16.5. The van der Waals surface area contributed by atoms with Gasteiger partial charge in [0, 0.05) is 13.0 Å². The van der Waals surface area contributed by atoms with E-state index in [9.17, 15) is 8.42 Å². The first kappa shape index (κ1) is 19.5. The highest BCUT2D eigenvalue weighted by Crippen LogP contribution is 2.33. The van der Waals surface area contributed by atoms with E-state index < -0.39 is 10.0 Å². The molecule has 0 aliphatic rings. The van der Waals surface area contributed by atoms with Gasteiger partial charge in [0.25, 0.3) is 10.0 Å². The van der Waals surface area contributed by atoms with Crippen molar-refractivity contribution in [1.29, 1.82) is 0 Å². The number of nitrogens with zero attached hydrogens (tertiary/aromatic N) is 2. The Labute approximate surface area is 162 Å². The summed E-state index contributed by atoms with van der Waals surface area (Å²) in [4.78, 5) is 4.14. The van der Waals surface area contributed by atoms with Gasteiger partial charge in [0.2, 0.25) is 11.7 Å². The summed E-state index contributed by atoms with van der Waals surface area (Å²) in [5, 5.41) is 3.83. The molecule has 10 heteroatoms. The minimum atomic E-state index is -3.93. The van der Waals surface area contributed by atoms with Crippen LogP contribution in [0.4, 0.5) is 5.69 Å². The summed E-state index contributed by atoms with van der Waals surface area (Å²) < 4.78 is 49.0. The summed E-state index contributed by atoms with van der Waals surface area (Å²) in [5.41, 5.74) is 0.667. The Balaban J connectivity index is 2.01. The number of methoxy groups -OCH3 is 3. The summed E-state index contributed by atoms with van der Waals surface area (Å²) in [6, 6.07) is 9.14. The van der Waals surface area contributed by atoms with Crippen molar-refractivity contribution in [3.8, 4) is 28.6 Å². The van der Waals surface area contributed by atoms with Crippen molar-refractivity contribution in [3.63, 3.8) is 0 Å². The van der Waals surface area contributed by atoms with E-state index >= 15 is 0 Å². The number of nitrogens with one attached hydrogen (secondary N) is 1. The Hall–Kier alpha value is -3.27. The monoisotopic (exact) mass is 405 g/mol. The Morgan fingerprint density at radius 1 is 0.964 bits per heavy atom. The van der Waals surface area contributed by atoms with Gasteiger partial charge >= 0.3 is 0 Å². The van der Waals surface area contributed by atoms with E-state index in [1.165, 1.54) is 39.5 Å². The normalized spacial score (nSPS) is 11.1. The van der Waals surface area contributed by atoms with Crippen molar-refractivity contribution in [3.05, 3.63) is 42.3 Å². The number of anilines is 1. The predicted molar refractivity (Wildman–Crippen MR) is 101 cm³/mol. The van der Waals surface area contributed by atoms with Crippen molar-refractivity contribution >= 4 is 15.7 Å². The van der Waals surface area contributed by atoms with Crippen molar-refractivity contribution < 1.29 is 27.2 Å². The first-order valence-electron chi connectivity index (χ1n) is 8.11. The number of rotatable bonds is 7. The summed E-state index contributed by atoms with van der Waals surface area (Å²) in [7, 11) is 0.498. The minimum absolute atomic E-state index is 0.00336. The number of aromatic nitrogens is 2. The van der Waals surface area contributed by atoms with E-state index in [4.69, 9.17) is 18.7 Å². The summed E-state index contributed by atoms with van der Waals surface area (Å²) >= 11 is 0. The number of ether oxygens (including phenoxy) is 3. The van der Waals surface area contributed by atoms with E-state index in [0.717, 1.165) is 0 Å². The molecule has 0 amide bonds. The molecular formula is C18H19N3O6S. The predicted octanol–water partition coefficient (Wildman–Crippen LogP) is 2.87. The Morgan fingerprint density at radius 3 is 2.32 bits per heavy atom. The lowest BCUT2D eigenvalue weighted by molar-refractivity contribution is 0.392. The molecule has 0 saturated carbocycles. The van der Waals surface area contributed by atoms with Gasteiger partial charge in [0.15, 0.2) is 0 Å². The van der Waals surface area contributed by atoms with Crippen molar-refractivity contribution in [2.24, 2.45) is 0 Å².